The molecular formula is C13H22N2O5. The van der Waals surface area contributed by atoms with Crippen LogP contribution in [0.25, 0.3) is 0 Å². The summed E-state index contributed by atoms with van der Waals surface area (Å²) in [6.07, 6.45) is 2.45. The fraction of sp³-hybridized carbons (Fsp3) is 0.769. The van der Waals surface area contributed by atoms with Crippen LogP contribution in [-0.2, 0) is 14.3 Å². The summed E-state index contributed by atoms with van der Waals surface area (Å²) in [6, 6.07) is -1.31. The van der Waals surface area contributed by atoms with Gasteiger partial charge in [0.15, 0.2) is 0 Å². The van der Waals surface area contributed by atoms with Crippen molar-refractivity contribution < 1.29 is 24.2 Å². The Morgan fingerprint density at radius 2 is 2.15 bits per heavy atom. The van der Waals surface area contributed by atoms with E-state index < -0.39 is 18.0 Å². The number of likely N-dealkylation sites (tertiary alicyclic amines) is 1. The van der Waals surface area contributed by atoms with Gasteiger partial charge < -0.3 is 20.1 Å². The van der Waals surface area contributed by atoms with Crippen molar-refractivity contribution in [2.45, 2.75) is 38.6 Å². The number of methoxy groups -OCH3 is 1. The van der Waals surface area contributed by atoms with E-state index in [1.807, 2.05) is 6.92 Å². The quantitative estimate of drug-likeness (QED) is 0.730. The van der Waals surface area contributed by atoms with E-state index in [0.717, 1.165) is 0 Å². The summed E-state index contributed by atoms with van der Waals surface area (Å²) in [4.78, 5) is 36.0. The van der Waals surface area contributed by atoms with Gasteiger partial charge in [0.05, 0.1) is 13.0 Å². The van der Waals surface area contributed by atoms with E-state index >= 15 is 0 Å². The number of piperidine rings is 1. The molecule has 0 aliphatic carbocycles. The fourth-order valence-corrected chi connectivity index (χ4v) is 2.31. The van der Waals surface area contributed by atoms with Crippen LogP contribution in [0.2, 0.25) is 0 Å². The Kier molecular flexibility index (Phi) is 6.27. The average molecular weight is 286 g/mol. The number of carbonyl (C=O) groups excluding carboxylic acids is 2. The zero-order chi connectivity index (χ0) is 15.1. The molecule has 1 aliphatic heterocycles. The molecule has 1 rings (SSSR count). The van der Waals surface area contributed by atoms with Gasteiger partial charge in [-0.2, -0.15) is 0 Å². The van der Waals surface area contributed by atoms with Gasteiger partial charge in [0, 0.05) is 13.1 Å². The second kappa shape index (κ2) is 7.72. The predicted molar refractivity (Wildman–Crippen MR) is 71.2 cm³/mol. The highest BCUT2D eigenvalue weighted by Crippen LogP contribution is 2.17. The van der Waals surface area contributed by atoms with E-state index in [0.29, 0.717) is 32.2 Å². The number of nitrogens with one attached hydrogen (secondary N) is 1. The molecule has 0 aromatic carbocycles. The highest BCUT2D eigenvalue weighted by atomic mass is 16.5. The van der Waals surface area contributed by atoms with Crippen molar-refractivity contribution in [3.63, 3.8) is 0 Å². The first-order chi connectivity index (χ1) is 9.49. The normalized spacial score (nSPS) is 20.1. The molecule has 1 heterocycles. The molecule has 7 nitrogen and oxygen atoms in total. The second-order valence-electron chi connectivity index (χ2n) is 4.94. The number of nitrogens with zero attached hydrogens (tertiary/aromatic N) is 1. The van der Waals surface area contributed by atoms with Gasteiger partial charge in [-0.3, -0.25) is 4.79 Å². The first-order valence-corrected chi connectivity index (χ1v) is 6.85. The molecule has 0 aromatic heterocycles. The lowest BCUT2D eigenvalue weighted by molar-refractivity contribution is -0.147. The van der Waals surface area contributed by atoms with Crippen LogP contribution in [0, 0.1) is 5.92 Å². The van der Waals surface area contributed by atoms with Gasteiger partial charge in [-0.25, -0.2) is 9.59 Å². The Bertz CT molecular complexity index is 372. The van der Waals surface area contributed by atoms with Crippen LogP contribution in [0.4, 0.5) is 4.79 Å². The van der Waals surface area contributed by atoms with Crippen molar-refractivity contribution in [3.8, 4) is 0 Å². The summed E-state index contributed by atoms with van der Waals surface area (Å²) in [5, 5.41) is 11.5. The molecule has 2 atom stereocenters. The molecule has 1 fully saturated rings. The van der Waals surface area contributed by atoms with Crippen LogP contribution in [0.1, 0.15) is 32.6 Å². The topological polar surface area (TPSA) is 95.9 Å². The maximum atomic E-state index is 12.0. The Hall–Kier alpha value is -1.79. The maximum Gasteiger partial charge on any atom is 0.326 e. The number of esters is 1. The first-order valence-electron chi connectivity index (χ1n) is 6.85. The van der Waals surface area contributed by atoms with Gasteiger partial charge in [0.25, 0.3) is 0 Å². The molecule has 0 spiro atoms. The molecule has 2 amide bonds. The zero-order valence-electron chi connectivity index (χ0n) is 11.9. The highest BCUT2D eigenvalue weighted by molar-refractivity contribution is 5.83. The van der Waals surface area contributed by atoms with E-state index in [2.05, 4.69) is 10.1 Å². The molecule has 1 unspecified atom stereocenters. The van der Waals surface area contributed by atoms with Gasteiger partial charge in [-0.1, -0.05) is 13.3 Å². The Morgan fingerprint density at radius 3 is 2.70 bits per heavy atom. The minimum Gasteiger partial charge on any atom is -0.480 e. The minimum absolute atomic E-state index is 0.275. The number of carboxylic acid groups (broad SMARTS) is 1. The number of aliphatic carboxylic acids is 1. The summed E-state index contributed by atoms with van der Waals surface area (Å²) in [7, 11) is 1.32. The number of rotatable bonds is 5. The molecule has 1 saturated heterocycles. The zero-order valence-corrected chi connectivity index (χ0v) is 11.9. The number of hydrogen-bond donors (Lipinski definition) is 2. The third kappa shape index (κ3) is 4.40. The second-order valence-corrected chi connectivity index (χ2v) is 4.94. The van der Waals surface area contributed by atoms with Crippen LogP contribution in [0.5, 0.6) is 0 Å². The first kappa shape index (κ1) is 16.3. The van der Waals surface area contributed by atoms with E-state index in [4.69, 9.17) is 5.11 Å². The molecule has 0 aromatic rings. The van der Waals surface area contributed by atoms with E-state index in [9.17, 15) is 14.4 Å². The molecule has 1 aliphatic rings. The molecule has 0 radical (unpaired) electrons. The molecule has 0 saturated carbocycles. The number of ether oxygens (including phenoxy) is 1. The number of urea groups is 1. The molecule has 2 N–H and O–H groups in total. The lowest BCUT2D eigenvalue weighted by atomic mass is 9.98. The maximum absolute atomic E-state index is 12.0. The van der Waals surface area contributed by atoms with E-state index in [1.165, 1.54) is 12.0 Å². The van der Waals surface area contributed by atoms with Crippen molar-refractivity contribution in [1.82, 2.24) is 10.2 Å². The van der Waals surface area contributed by atoms with Crippen molar-refractivity contribution in [1.29, 1.82) is 0 Å². The number of hydrogen-bond acceptors (Lipinski definition) is 4. The van der Waals surface area contributed by atoms with Gasteiger partial charge in [0.2, 0.25) is 0 Å². The lowest BCUT2D eigenvalue weighted by Gasteiger charge is -2.32. The number of amides is 2. The molecular weight excluding hydrogens is 264 g/mol. The fourth-order valence-electron chi connectivity index (χ4n) is 2.31. The van der Waals surface area contributed by atoms with Crippen LogP contribution < -0.4 is 5.32 Å². The van der Waals surface area contributed by atoms with Crippen molar-refractivity contribution in [3.05, 3.63) is 0 Å². The highest BCUT2D eigenvalue weighted by Gasteiger charge is 2.30. The predicted octanol–water partition coefficient (Wildman–Crippen LogP) is 0.834. The molecule has 7 heteroatoms. The summed E-state index contributed by atoms with van der Waals surface area (Å²) in [5.41, 5.74) is 0. The summed E-state index contributed by atoms with van der Waals surface area (Å²) >= 11 is 0. The van der Waals surface area contributed by atoms with Crippen LogP contribution in [0.15, 0.2) is 0 Å². The third-order valence-corrected chi connectivity index (χ3v) is 3.42. The van der Waals surface area contributed by atoms with Crippen LogP contribution in [-0.4, -0.2) is 54.2 Å². The van der Waals surface area contributed by atoms with Crippen molar-refractivity contribution in [2.75, 3.05) is 20.2 Å². The standard InChI is InChI=1S/C13H22N2O5/c1-3-5-10(11(16)17)14-13(19)15-7-4-6-9(8-15)12(18)20-2/h9-10H,3-8H2,1-2H3,(H,14,19)(H,16,17)/t9?,10-/m1/s1. The van der Waals surface area contributed by atoms with Gasteiger partial charge in [-0.15, -0.1) is 0 Å². The summed E-state index contributed by atoms with van der Waals surface area (Å²) < 4.78 is 4.68. The smallest absolute Gasteiger partial charge is 0.326 e. The van der Waals surface area contributed by atoms with Gasteiger partial charge >= 0.3 is 18.0 Å². The largest absolute Gasteiger partial charge is 0.480 e. The Labute approximate surface area is 118 Å². The monoisotopic (exact) mass is 286 g/mol. The van der Waals surface area contributed by atoms with E-state index in [-0.39, 0.29) is 18.4 Å². The Morgan fingerprint density at radius 1 is 1.45 bits per heavy atom. The third-order valence-electron chi connectivity index (χ3n) is 3.42. The Balaban J connectivity index is 2.57. The number of carbonyl (C=O) groups is 3. The molecule has 20 heavy (non-hydrogen) atoms. The summed E-state index contributed by atoms with van der Waals surface area (Å²) in [5.74, 6) is -1.69. The van der Waals surface area contributed by atoms with Gasteiger partial charge in [-0.05, 0) is 19.3 Å². The molecule has 0 bridgehead atoms. The molecule has 114 valence electrons. The number of carboxylic acids is 1. The van der Waals surface area contributed by atoms with Crippen molar-refractivity contribution >= 4 is 18.0 Å². The summed E-state index contributed by atoms with van der Waals surface area (Å²) in [6.45, 7) is 2.66. The van der Waals surface area contributed by atoms with Crippen molar-refractivity contribution in [2.24, 2.45) is 5.92 Å². The van der Waals surface area contributed by atoms with Crippen LogP contribution in [0.3, 0.4) is 0 Å². The average Bonchev–Trinajstić information content (AvgIpc) is 2.45. The van der Waals surface area contributed by atoms with E-state index in [1.54, 1.807) is 0 Å². The van der Waals surface area contributed by atoms with Gasteiger partial charge in [0.1, 0.15) is 6.04 Å². The SMILES string of the molecule is CCC[C@@H](NC(=O)N1CCCC(C(=O)OC)C1)C(=O)O. The lowest BCUT2D eigenvalue weighted by Crippen LogP contribution is -2.51. The minimum atomic E-state index is -1.04. The van der Waals surface area contributed by atoms with Crippen LogP contribution >= 0.6 is 0 Å².